The number of hydrogen-bond acceptors (Lipinski definition) is 3. The van der Waals surface area contributed by atoms with Gasteiger partial charge in [-0.2, -0.15) is 0 Å². The number of hydrogen-bond donors (Lipinski definition) is 1. The summed E-state index contributed by atoms with van der Waals surface area (Å²) in [5.74, 6) is 0. The number of halogens is 3. The van der Waals surface area contributed by atoms with Gasteiger partial charge in [0.05, 0.1) is 10.2 Å². The van der Waals surface area contributed by atoms with Crippen LogP contribution in [0.5, 0.6) is 0 Å². The maximum Gasteiger partial charge on any atom is 0.184 e. The van der Waals surface area contributed by atoms with E-state index in [0.29, 0.717) is 16.6 Å². The van der Waals surface area contributed by atoms with Gasteiger partial charge < -0.3 is 22.3 Å². The van der Waals surface area contributed by atoms with Crippen LogP contribution in [0.15, 0.2) is 42.5 Å². The van der Waals surface area contributed by atoms with Crippen LogP contribution in [0.2, 0.25) is 10.0 Å². The van der Waals surface area contributed by atoms with Crippen molar-refractivity contribution in [2.75, 3.05) is 5.32 Å². The van der Waals surface area contributed by atoms with Crippen molar-refractivity contribution in [1.29, 1.82) is 0 Å². The summed E-state index contributed by atoms with van der Waals surface area (Å²) in [5.41, 5.74) is 2.02. The molecule has 0 bridgehead atoms. The van der Waals surface area contributed by atoms with Crippen molar-refractivity contribution < 1.29 is 17.0 Å². The summed E-state index contributed by atoms with van der Waals surface area (Å²) in [6, 6.07) is 13.6. The van der Waals surface area contributed by atoms with Crippen molar-refractivity contribution in [3.05, 3.63) is 58.1 Å². The van der Waals surface area contributed by atoms with Gasteiger partial charge in [-0.25, -0.2) is 4.98 Å². The van der Waals surface area contributed by atoms with E-state index in [-0.39, 0.29) is 17.0 Å². The molecule has 0 unspecified atom stereocenters. The molecule has 0 saturated heterocycles. The first-order chi connectivity index (χ1) is 9.22. The summed E-state index contributed by atoms with van der Waals surface area (Å²) >= 11 is 13.6. The zero-order valence-electron chi connectivity index (χ0n) is 10.2. The molecule has 3 rings (SSSR count). The van der Waals surface area contributed by atoms with Gasteiger partial charge in [-0.05, 0) is 29.8 Å². The van der Waals surface area contributed by atoms with Crippen molar-refractivity contribution >= 4 is 49.9 Å². The predicted molar refractivity (Wildman–Crippen MR) is 83.4 cm³/mol. The monoisotopic (exact) mass is 387 g/mol. The molecule has 0 aliphatic heterocycles. The van der Waals surface area contributed by atoms with Crippen LogP contribution in [0.3, 0.4) is 0 Å². The third-order valence-corrected chi connectivity index (χ3v) is 4.32. The Hall–Kier alpha value is -0.810. The third kappa shape index (κ3) is 3.44. The Morgan fingerprint density at radius 3 is 2.65 bits per heavy atom. The lowest BCUT2D eigenvalue weighted by molar-refractivity contribution is -0.00000351. The van der Waals surface area contributed by atoms with Crippen molar-refractivity contribution in [2.45, 2.75) is 6.54 Å². The number of aromatic nitrogens is 1. The van der Waals surface area contributed by atoms with Gasteiger partial charge in [-0.3, -0.25) is 0 Å². The van der Waals surface area contributed by atoms with Gasteiger partial charge in [0.1, 0.15) is 0 Å². The minimum Gasteiger partial charge on any atom is -1.00 e. The second-order valence-corrected chi connectivity index (χ2v) is 5.95. The smallest absolute Gasteiger partial charge is 0.184 e. The minimum atomic E-state index is 0. The Labute approximate surface area is 141 Å². The normalized spacial score (nSPS) is 10.3. The second-order valence-electron chi connectivity index (χ2n) is 4.08. The minimum absolute atomic E-state index is 0. The lowest BCUT2D eigenvalue weighted by Gasteiger charge is -2.05. The van der Waals surface area contributed by atoms with Crippen LogP contribution in [0.25, 0.3) is 10.2 Å². The molecule has 0 amide bonds. The number of fused-ring (bicyclic) bond motifs is 1. The molecule has 2 nitrogen and oxygen atoms in total. The van der Waals surface area contributed by atoms with Crippen LogP contribution >= 0.6 is 34.5 Å². The number of nitrogens with zero attached hydrogens (tertiary/aromatic N) is 1. The first-order valence-corrected chi connectivity index (χ1v) is 7.33. The first-order valence-electron chi connectivity index (χ1n) is 5.76. The van der Waals surface area contributed by atoms with Crippen LogP contribution in [0.1, 0.15) is 5.56 Å². The largest absolute Gasteiger partial charge is 1.00 e. The summed E-state index contributed by atoms with van der Waals surface area (Å²) < 4.78 is 1.17. The van der Waals surface area contributed by atoms with E-state index in [0.717, 1.165) is 16.2 Å². The highest BCUT2D eigenvalue weighted by molar-refractivity contribution is 7.22. The van der Waals surface area contributed by atoms with Crippen molar-refractivity contribution in [3.63, 3.8) is 0 Å². The van der Waals surface area contributed by atoms with E-state index >= 15 is 0 Å². The number of thiazole rings is 1. The number of anilines is 1. The summed E-state index contributed by atoms with van der Waals surface area (Å²) in [5, 5.41) is 5.50. The standard InChI is InChI=1S/C14H10Cl2N2S.BrH/c15-10-6-5-9(11(16)7-10)8-17-14-18-12-3-1-2-4-13(12)19-14;/h1-7H,8H2,(H,17,18);1H/p-1. The fourth-order valence-electron chi connectivity index (χ4n) is 1.78. The molecule has 104 valence electrons. The molecule has 0 atom stereocenters. The average Bonchev–Trinajstić information content (AvgIpc) is 2.80. The van der Waals surface area contributed by atoms with Gasteiger partial charge in [-0.15, -0.1) is 0 Å². The summed E-state index contributed by atoms with van der Waals surface area (Å²) in [4.78, 5) is 4.51. The molecule has 1 N–H and O–H groups in total. The van der Waals surface area contributed by atoms with E-state index in [9.17, 15) is 0 Å². The fraction of sp³-hybridized carbons (Fsp3) is 0.0714. The molecule has 1 heterocycles. The maximum atomic E-state index is 6.13. The topological polar surface area (TPSA) is 24.9 Å². The Morgan fingerprint density at radius 1 is 1.10 bits per heavy atom. The Bertz CT molecular complexity index is 697. The number of rotatable bonds is 3. The molecule has 0 aliphatic carbocycles. The highest BCUT2D eigenvalue weighted by Gasteiger charge is 2.05. The van der Waals surface area contributed by atoms with Crippen LogP contribution in [0, 0.1) is 0 Å². The number of nitrogens with one attached hydrogen (secondary N) is 1. The van der Waals surface area contributed by atoms with E-state index in [1.165, 1.54) is 4.70 Å². The Balaban J connectivity index is 0.00000147. The van der Waals surface area contributed by atoms with Gasteiger partial charge >= 0.3 is 0 Å². The van der Waals surface area contributed by atoms with E-state index < -0.39 is 0 Å². The quantitative estimate of drug-likeness (QED) is 0.744. The number of para-hydroxylation sites is 1. The zero-order valence-corrected chi connectivity index (χ0v) is 14.2. The maximum absolute atomic E-state index is 6.13. The SMILES string of the molecule is Clc1ccc(CNc2nc3ccccc3s2)c(Cl)c1.[Br-]. The average molecular weight is 389 g/mol. The van der Waals surface area contributed by atoms with E-state index in [4.69, 9.17) is 23.2 Å². The molecular formula is C14H10BrCl2N2S-. The molecule has 0 fully saturated rings. The highest BCUT2D eigenvalue weighted by atomic mass is 79.9. The Kier molecular flexibility index (Phi) is 5.27. The fourth-order valence-corrected chi connectivity index (χ4v) is 3.12. The zero-order chi connectivity index (χ0) is 13.2. The van der Waals surface area contributed by atoms with Crippen molar-refractivity contribution in [1.82, 2.24) is 4.98 Å². The summed E-state index contributed by atoms with van der Waals surface area (Å²) in [6.07, 6.45) is 0. The lowest BCUT2D eigenvalue weighted by Crippen LogP contribution is -3.00. The van der Waals surface area contributed by atoms with Gasteiger partial charge in [0.2, 0.25) is 0 Å². The van der Waals surface area contributed by atoms with Gasteiger partial charge in [-0.1, -0.05) is 52.7 Å². The molecular weight excluding hydrogens is 379 g/mol. The molecule has 3 aromatic rings. The molecule has 0 aliphatic rings. The van der Waals surface area contributed by atoms with Crippen LogP contribution in [-0.4, -0.2) is 4.98 Å². The first kappa shape index (κ1) is 15.6. The highest BCUT2D eigenvalue weighted by Crippen LogP contribution is 2.27. The van der Waals surface area contributed by atoms with E-state index in [2.05, 4.69) is 16.4 Å². The molecule has 0 saturated carbocycles. The van der Waals surface area contributed by atoms with Crippen LogP contribution in [-0.2, 0) is 6.54 Å². The van der Waals surface area contributed by atoms with E-state index in [1.807, 2.05) is 30.3 Å². The van der Waals surface area contributed by atoms with Gasteiger partial charge in [0.15, 0.2) is 5.13 Å². The van der Waals surface area contributed by atoms with Crippen molar-refractivity contribution in [2.24, 2.45) is 0 Å². The number of benzene rings is 2. The van der Waals surface area contributed by atoms with Gasteiger partial charge in [0, 0.05) is 16.6 Å². The molecule has 20 heavy (non-hydrogen) atoms. The third-order valence-electron chi connectivity index (χ3n) is 2.74. The predicted octanol–water partition coefficient (Wildman–Crippen LogP) is 2.22. The molecule has 6 heteroatoms. The molecule has 0 radical (unpaired) electrons. The lowest BCUT2D eigenvalue weighted by atomic mass is 10.2. The second kappa shape index (κ2) is 6.76. The van der Waals surface area contributed by atoms with Crippen LogP contribution in [0.4, 0.5) is 5.13 Å². The van der Waals surface area contributed by atoms with Crippen molar-refractivity contribution in [3.8, 4) is 0 Å². The molecule has 1 aromatic heterocycles. The Morgan fingerprint density at radius 2 is 1.90 bits per heavy atom. The van der Waals surface area contributed by atoms with E-state index in [1.54, 1.807) is 17.4 Å². The summed E-state index contributed by atoms with van der Waals surface area (Å²) in [6.45, 7) is 0.635. The van der Waals surface area contributed by atoms with Gasteiger partial charge in [0.25, 0.3) is 0 Å². The molecule has 2 aromatic carbocycles. The van der Waals surface area contributed by atoms with Crippen LogP contribution < -0.4 is 22.3 Å². The molecule has 0 spiro atoms. The summed E-state index contributed by atoms with van der Waals surface area (Å²) in [7, 11) is 0.